The largest absolute Gasteiger partial charge is 0.478 e. The second kappa shape index (κ2) is 6.87. The number of benzene rings is 1. The third-order valence-corrected chi connectivity index (χ3v) is 4.31. The quantitative estimate of drug-likeness (QED) is 0.941. The molecule has 1 fully saturated rings. The minimum absolute atomic E-state index is 0.168. The van der Waals surface area contributed by atoms with E-state index < -0.39 is 5.97 Å². The molecule has 0 saturated carbocycles. The highest BCUT2D eigenvalue weighted by Crippen LogP contribution is 2.27. The fraction of sp³-hybridized carbons (Fsp3) is 0.333. The highest BCUT2D eigenvalue weighted by Gasteiger charge is 2.23. The van der Waals surface area contributed by atoms with Gasteiger partial charge in [0.15, 0.2) is 0 Å². The Morgan fingerprint density at radius 3 is 2.83 bits per heavy atom. The number of carboxylic acid groups (broad SMARTS) is 1. The van der Waals surface area contributed by atoms with Gasteiger partial charge in [0.05, 0.1) is 5.56 Å². The normalized spacial score (nSPS) is 18.7. The van der Waals surface area contributed by atoms with Crippen molar-refractivity contribution in [1.29, 1.82) is 0 Å². The van der Waals surface area contributed by atoms with Crippen LogP contribution >= 0.6 is 0 Å². The molecule has 0 radical (unpaired) electrons. The molecule has 2 heterocycles. The van der Waals surface area contributed by atoms with Crippen molar-refractivity contribution in [2.75, 3.05) is 13.1 Å². The van der Waals surface area contributed by atoms with Gasteiger partial charge in [-0.1, -0.05) is 18.2 Å². The lowest BCUT2D eigenvalue weighted by molar-refractivity contribution is 0.0696. The molecule has 0 aliphatic carbocycles. The van der Waals surface area contributed by atoms with E-state index in [0.29, 0.717) is 12.1 Å². The van der Waals surface area contributed by atoms with Crippen molar-refractivity contribution >= 4 is 5.97 Å². The summed E-state index contributed by atoms with van der Waals surface area (Å²) in [7, 11) is 0. The van der Waals surface area contributed by atoms with Crippen LogP contribution in [0.25, 0.3) is 0 Å². The van der Waals surface area contributed by atoms with Gasteiger partial charge in [0.25, 0.3) is 0 Å². The van der Waals surface area contributed by atoms with Gasteiger partial charge in [0.2, 0.25) is 0 Å². The molecule has 3 rings (SSSR count). The molecule has 1 unspecified atom stereocenters. The average molecular weight is 314 g/mol. The monoisotopic (exact) mass is 314 g/mol. The Morgan fingerprint density at radius 1 is 1.30 bits per heavy atom. The van der Waals surface area contributed by atoms with Crippen molar-refractivity contribution in [3.05, 3.63) is 65.2 Å². The Kier molecular flexibility index (Phi) is 4.67. The van der Waals surface area contributed by atoms with E-state index in [1.807, 2.05) is 12.1 Å². The number of hydrogen-bond donors (Lipinski definition) is 1. The van der Waals surface area contributed by atoms with Crippen LogP contribution in [0.2, 0.25) is 0 Å². The van der Waals surface area contributed by atoms with Crippen molar-refractivity contribution in [2.45, 2.75) is 25.3 Å². The maximum Gasteiger partial charge on any atom is 0.337 e. The highest BCUT2D eigenvalue weighted by atomic mass is 19.1. The Bertz CT molecular complexity index is 688. The van der Waals surface area contributed by atoms with E-state index in [1.54, 1.807) is 18.2 Å². The van der Waals surface area contributed by atoms with Gasteiger partial charge in [-0.3, -0.25) is 9.88 Å². The predicted molar refractivity (Wildman–Crippen MR) is 84.8 cm³/mol. The standard InChI is InChI=1S/C18H19FN2O2/c19-16-6-2-1-4-14(16)11-21-9-3-5-15(12-21)17-8-7-13(10-20-17)18(22)23/h1-2,4,6-8,10,15H,3,5,9,11-12H2,(H,22,23). The smallest absolute Gasteiger partial charge is 0.337 e. The first-order valence-electron chi connectivity index (χ1n) is 7.78. The zero-order chi connectivity index (χ0) is 16.2. The van der Waals surface area contributed by atoms with Crippen molar-refractivity contribution < 1.29 is 14.3 Å². The fourth-order valence-electron chi connectivity index (χ4n) is 3.08. The van der Waals surface area contributed by atoms with Crippen LogP contribution in [-0.4, -0.2) is 34.0 Å². The number of aromatic carboxylic acids is 1. The maximum absolute atomic E-state index is 13.8. The van der Waals surface area contributed by atoms with E-state index in [-0.39, 0.29) is 17.3 Å². The van der Waals surface area contributed by atoms with E-state index >= 15 is 0 Å². The molecule has 0 amide bonds. The first-order chi connectivity index (χ1) is 11.1. The van der Waals surface area contributed by atoms with Gasteiger partial charge >= 0.3 is 5.97 Å². The zero-order valence-corrected chi connectivity index (χ0v) is 12.8. The van der Waals surface area contributed by atoms with Gasteiger partial charge in [-0.05, 0) is 37.6 Å². The van der Waals surface area contributed by atoms with Crippen LogP contribution in [0.15, 0.2) is 42.6 Å². The first kappa shape index (κ1) is 15.6. The molecule has 1 aliphatic heterocycles. The van der Waals surface area contributed by atoms with E-state index in [9.17, 15) is 9.18 Å². The third-order valence-electron chi connectivity index (χ3n) is 4.31. The fourth-order valence-corrected chi connectivity index (χ4v) is 3.08. The molecule has 4 nitrogen and oxygen atoms in total. The van der Waals surface area contributed by atoms with Crippen LogP contribution in [0.5, 0.6) is 0 Å². The number of rotatable bonds is 4. The first-order valence-corrected chi connectivity index (χ1v) is 7.78. The topological polar surface area (TPSA) is 53.4 Å². The van der Waals surface area contributed by atoms with Crippen molar-refractivity contribution in [3.8, 4) is 0 Å². The highest BCUT2D eigenvalue weighted by molar-refractivity contribution is 5.87. The summed E-state index contributed by atoms with van der Waals surface area (Å²) in [6, 6.07) is 10.3. The maximum atomic E-state index is 13.8. The number of likely N-dealkylation sites (tertiary alicyclic amines) is 1. The summed E-state index contributed by atoms with van der Waals surface area (Å²) >= 11 is 0. The Balaban J connectivity index is 1.68. The second-order valence-corrected chi connectivity index (χ2v) is 5.94. The Labute approximate surface area is 134 Å². The number of nitrogens with zero attached hydrogens (tertiary/aromatic N) is 2. The van der Waals surface area contributed by atoms with Gasteiger partial charge < -0.3 is 5.11 Å². The number of carbonyl (C=O) groups is 1. The summed E-state index contributed by atoms with van der Waals surface area (Å²) in [5, 5.41) is 8.93. The van der Waals surface area contributed by atoms with Gasteiger partial charge in [0, 0.05) is 36.5 Å². The van der Waals surface area contributed by atoms with E-state index in [0.717, 1.165) is 31.6 Å². The number of carboxylic acids is 1. The molecule has 0 spiro atoms. The second-order valence-electron chi connectivity index (χ2n) is 5.94. The molecule has 1 aliphatic rings. The van der Waals surface area contributed by atoms with Crippen molar-refractivity contribution in [3.63, 3.8) is 0 Å². The molecular weight excluding hydrogens is 295 g/mol. The number of aromatic nitrogens is 1. The van der Waals surface area contributed by atoms with Crippen LogP contribution in [0.1, 0.15) is 40.4 Å². The summed E-state index contributed by atoms with van der Waals surface area (Å²) in [6.45, 7) is 2.35. The van der Waals surface area contributed by atoms with Crippen LogP contribution < -0.4 is 0 Å². The summed E-state index contributed by atoms with van der Waals surface area (Å²) < 4.78 is 13.8. The minimum Gasteiger partial charge on any atom is -0.478 e. The van der Waals surface area contributed by atoms with Crippen LogP contribution in [0, 0.1) is 5.82 Å². The van der Waals surface area contributed by atoms with Crippen LogP contribution in [-0.2, 0) is 6.54 Å². The summed E-state index contributed by atoms with van der Waals surface area (Å²) in [6.07, 6.45) is 3.46. The summed E-state index contributed by atoms with van der Waals surface area (Å²) in [4.78, 5) is 17.4. The lowest BCUT2D eigenvalue weighted by atomic mass is 9.93. The lowest BCUT2D eigenvalue weighted by Crippen LogP contribution is -2.34. The van der Waals surface area contributed by atoms with Gasteiger partial charge in [0.1, 0.15) is 5.82 Å². The number of piperidine rings is 1. The van der Waals surface area contributed by atoms with E-state index in [2.05, 4.69) is 9.88 Å². The molecule has 1 aromatic carbocycles. The number of hydrogen-bond acceptors (Lipinski definition) is 3. The molecule has 0 bridgehead atoms. The molecule has 23 heavy (non-hydrogen) atoms. The van der Waals surface area contributed by atoms with Crippen LogP contribution in [0.3, 0.4) is 0 Å². The summed E-state index contributed by atoms with van der Waals surface area (Å²) in [5.41, 5.74) is 1.82. The number of halogens is 1. The molecule has 120 valence electrons. The Morgan fingerprint density at radius 2 is 2.13 bits per heavy atom. The lowest BCUT2D eigenvalue weighted by Gasteiger charge is -2.32. The molecule has 5 heteroatoms. The SMILES string of the molecule is O=C(O)c1ccc(C2CCCN(Cc3ccccc3F)C2)nc1. The van der Waals surface area contributed by atoms with Crippen molar-refractivity contribution in [2.24, 2.45) is 0 Å². The third kappa shape index (κ3) is 3.74. The molecule has 1 saturated heterocycles. The molecular formula is C18H19FN2O2. The van der Waals surface area contributed by atoms with Gasteiger partial charge in [-0.25, -0.2) is 9.18 Å². The van der Waals surface area contributed by atoms with Crippen LogP contribution in [0.4, 0.5) is 4.39 Å². The van der Waals surface area contributed by atoms with E-state index in [1.165, 1.54) is 12.3 Å². The van der Waals surface area contributed by atoms with E-state index in [4.69, 9.17) is 5.11 Å². The van der Waals surface area contributed by atoms with Gasteiger partial charge in [-0.2, -0.15) is 0 Å². The molecule has 1 atom stereocenters. The predicted octanol–water partition coefficient (Wildman–Crippen LogP) is 3.30. The molecule has 1 N–H and O–H groups in total. The number of pyridine rings is 1. The molecule has 1 aromatic heterocycles. The van der Waals surface area contributed by atoms with Gasteiger partial charge in [-0.15, -0.1) is 0 Å². The molecule has 2 aromatic rings. The summed E-state index contributed by atoms with van der Waals surface area (Å²) in [5.74, 6) is -0.870. The minimum atomic E-state index is -0.964. The Hall–Kier alpha value is -2.27. The van der Waals surface area contributed by atoms with Crippen molar-refractivity contribution in [1.82, 2.24) is 9.88 Å². The zero-order valence-electron chi connectivity index (χ0n) is 12.8. The average Bonchev–Trinajstić information content (AvgIpc) is 2.57.